The summed E-state index contributed by atoms with van der Waals surface area (Å²) in [7, 11) is -0.228. The molecule has 4 heterocycles. The number of benzene rings is 3. The summed E-state index contributed by atoms with van der Waals surface area (Å²) >= 11 is 0. The van der Waals surface area contributed by atoms with E-state index in [0.717, 1.165) is 50.5 Å². The van der Waals surface area contributed by atoms with Crippen LogP contribution in [0.5, 0.6) is 0 Å². The summed E-state index contributed by atoms with van der Waals surface area (Å²) in [6.45, 7) is 1.82. The minimum Gasteiger partial charge on any atom is -0.744 e. The van der Waals surface area contributed by atoms with E-state index >= 15 is 0 Å². The Morgan fingerprint density at radius 2 is 1.06 bits per heavy atom. The molecule has 3 aromatic carbocycles. The quantitative estimate of drug-likeness (QED) is 0.0843. The van der Waals surface area contributed by atoms with Crippen LogP contribution in [0.15, 0.2) is 149 Å². The topological polar surface area (TPSA) is 157 Å². The van der Waals surface area contributed by atoms with Gasteiger partial charge in [0.05, 0.1) is 43.8 Å². The zero-order valence-corrected chi connectivity index (χ0v) is 29.8. The molecule has 7 rings (SSSR count). The minimum atomic E-state index is -4.27. The summed E-state index contributed by atoms with van der Waals surface area (Å²) in [5.74, 6) is -1.84. The zero-order chi connectivity index (χ0) is 37.5. The van der Waals surface area contributed by atoms with Gasteiger partial charge in [-0.3, -0.25) is 9.59 Å². The number of hydrogen-bond acceptors (Lipinski definition) is 7. The van der Waals surface area contributed by atoms with Gasteiger partial charge >= 0.3 is 11.8 Å². The van der Waals surface area contributed by atoms with Crippen LogP contribution >= 0.6 is 0 Å². The highest BCUT2D eigenvalue weighted by Crippen LogP contribution is 2.19. The maximum Gasteiger partial charge on any atom is 0.331 e. The number of rotatable bonds is 7. The molecule has 7 aromatic rings. The van der Waals surface area contributed by atoms with Gasteiger partial charge in [-0.2, -0.15) is 10.2 Å². The van der Waals surface area contributed by atoms with E-state index in [1.807, 2.05) is 106 Å². The first kappa shape index (κ1) is 36.0. The number of carbonyl (C=O) groups excluding carboxylic acids is 2. The maximum absolute atomic E-state index is 12.1. The van der Waals surface area contributed by atoms with Crippen molar-refractivity contribution in [3.8, 4) is 22.5 Å². The molecule has 0 aliphatic carbocycles. The molecule has 0 saturated heterocycles. The second kappa shape index (κ2) is 15.6. The van der Waals surface area contributed by atoms with Crippen molar-refractivity contribution in [2.24, 2.45) is 24.3 Å². The van der Waals surface area contributed by atoms with Gasteiger partial charge in [0.2, 0.25) is 0 Å². The zero-order valence-electron chi connectivity index (χ0n) is 29.0. The van der Waals surface area contributed by atoms with Crippen LogP contribution in [0.1, 0.15) is 16.7 Å². The standard InChI is InChI=1S/C32H26N8O2.C7H8O3S/c1-37-27(21-39-17-5-3-7-29(37)39)25-13-9-23(10-14-25)19-33-35-31(41)32(42)36-34-20-24-11-15-26(16-12-24)28-22-40-18-6-4-8-30(40)38(28)2;1-6-2-4-7(5-3-6)11(8,9)10/h3-22H,1-2H3;2-5H,1H3,(H,8,9,10)/p+1/b33-19+,34-20+;. The van der Waals surface area contributed by atoms with Gasteiger partial charge in [-0.1, -0.05) is 54.1 Å². The summed E-state index contributed by atoms with van der Waals surface area (Å²) in [5.41, 5.74) is 13.3. The van der Waals surface area contributed by atoms with E-state index < -0.39 is 21.9 Å². The summed E-state index contributed by atoms with van der Waals surface area (Å²) in [6, 6.07) is 33.4. The second-order valence-corrected chi connectivity index (χ2v) is 13.4. The molecule has 0 saturated carbocycles. The third kappa shape index (κ3) is 8.58. The number of hydrogen-bond donors (Lipinski definition) is 2. The van der Waals surface area contributed by atoms with E-state index in [1.165, 1.54) is 24.6 Å². The number of imidazole rings is 2. The van der Waals surface area contributed by atoms with Crippen LogP contribution in [0.4, 0.5) is 0 Å². The monoisotopic (exact) mass is 727 g/mol. The predicted molar refractivity (Wildman–Crippen MR) is 199 cm³/mol. The lowest BCUT2D eigenvalue weighted by Gasteiger charge is -2.05. The summed E-state index contributed by atoms with van der Waals surface area (Å²) < 4.78 is 39.5. The van der Waals surface area contributed by atoms with Gasteiger partial charge < -0.3 is 4.55 Å². The highest BCUT2D eigenvalue weighted by molar-refractivity contribution is 7.85. The molecular formula is C39H35N8O5S+. The van der Waals surface area contributed by atoms with E-state index in [2.05, 4.69) is 63.5 Å². The summed E-state index contributed by atoms with van der Waals surface area (Å²) in [4.78, 5) is 24.1. The lowest BCUT2D eigenvalue weighted by Crippen LogP contribution is -2.35. The van der Waals surface area contributed by atoms with E-state index in [-0.39, 0.29) is 4.90 Å². The molecule has 0 bridgehead atoms. The largest absolute Gasteiger partial charge is 0.744 e. The number of amides is 2. The molecule has 14 heteroatoms. The van der Waals surface area contributed by atoms with Crippen molar-refractivity contribution >= 4 is 45.7 Å². The lowest BCUT2D eigenvalue weighted by atomic mass is 10.1. The average molecular weight is 728 g/mol. The number of aryl methyl sites for hydroxylation is 3. The molecule has 0 spiro atoms. The van der Waals surface area contributed by atoms with Gasteiger partial charge in [-0.05, 0) is 66.6 Å². The van der Waals surface area contributed by atoms with Crippen LogP contribution in [0.3, 0.4) is 0 Å². The highest BCUT2D eigenvalue weighted by atomic mass is 32.2. The molecule has 13 nitrogen and oxygen atoms in total. The predicted octanol–water partition coefficient (Wildman–Crippen LogP) is 3.67. The van der Waals surface area contributed by atoms with Crippen LogP contribution in [0, 0.1) is 6.92 Å². The second-order valence-electron chi connectivity index (χ2n) is 12.0. The highest BCUT2D eigenvalue weighted by Gasteiger charge is 2.16. The van der Waals surface area contributed by atoms with E-state index in [1.54, 1.807) is 12.1 Å². The third-order valence-corrected chi connectivity index (χ3v) is 9.21. The number of hydrazone groups is 2. The number of carbonyl (C=O) groups is 2. The first-order valence-corrected chi connectivity index (χ1v) is 17.7. The van der Waals surface area contributed by atoms with E-state index in [0.29, 0.717) is 0 Å². The normalized spacial score (nSPS) is 11.5. The number of fused-ring (bicyclic) bond motifs is 2. The summed E-state index contributed by atoms with van der Waals surface area (Å²) in [6.07, 6.45) is 11.1. The number of nitrogens with zero attached hydrogens (tertiary/aromatic N) is 6. The molecule has 0 unspecified atom stereocenters. The third-order valence-electron chi connectivity index (χ3n) is 8.36. The molecule has 0 atom stereocenters. The Balaban J connectivity index is 0.000000376. The Bertz CT molecular complexity index is 2450. The molecule has 266 valence electrons. The van der Waals surface area contributed by atoms with Gasteiger partial charge in [0, 0.05) is 23.3 Å². The number of nitrogens with one attached hydrogen (secondary N) is 2. The molecule has 0 aliphatic rings. The molecule has 0 radical (unpaired) electrons. The first-order valence-electron chi connectivity index (χ1n) is 16.3. The number of aromatic nitrogens is 4. The van der Waals surface area contributed by atoms with Gasteiger partial charge in [0.15, 0.2) is 11.4 Å². The van der Waals surface area contributed by atoms with Gasteiger partial charge in [-0.15, -0.1) is 0 Å². The molecule has 0 fully saturated rings. The van der Waals surface area contributed by atoms with Crippen molar-refractivity contribution in [2.75, 3.05) is 0 Å². The molecule has 4 aromatic heterocycles. The minimum absolute atomic E-state index is 0.178. The van der Waals surface area contributed by atoms with Crippen molar-refractivity contribution in [1.82, 2.24) is 19.7 Å². The smallest absolute Gasteiger partial charge is 0.331 e. The van der Waals surface area contributed by atoms with Crippen molar-refractivity contribution < 1.29 is 31.7 Å². The SMILES string of the molecule is C[n+]1c(-c2ccc(/C=N/NC(=O)C(=O)N/N=C/c3ccc(-c4cn5ccccc5[n+]4C)cc3)cc2)cn2ccccc21.Cc1ccc(S(=O)(=O)[O-])cc1. The van der Waals surface area contributed by atoms with Gasteiger partial charge in [0.25, 0.3) is 11.3 Å². The average Bonchev–Trinajstić information content (AvgIpc) is 3.68. The van der Waals surface area contributed by atoms with Crippen LogP contribution in [-0.4, -0.2) is 46.0 Å². The van der Waals surface area contributed by atoms with Crippen molar-refractivity contribution in [2.45, 2.75) is 11.8 Å². The van der Waals surface area contributed by atoms with Crippen LogP contribution < -0.4 is 20.0 Å². The molecule has 2 N–H and O–H groups in total. The Labute approximate surface area is 305 Å². The Morgan fingerprint density at radius 1 is 0.642 bits per heavy atom. The fourth-order valence-corrected chi connectivity index (χ4v) is 5.99. The Hall–Kier alpha value is -6.77. The summed E-state index contributed by atoms with van der Waals surface area (Å²) in [5, 5.41) is 7.79. The Morgan fingerprint density at radius 3 is 1.43 bits per heavy atom. The van der Waals surface area contributed by atoms with Crippen LogP contribution in [-0.2, 0) is 33.8 Å². The Kier molecular flexibility index (Phi) is 10.6. The first-order chi connectivity index (χ1) is 25.5. The molecular weight excluding hydrogens is 693 g/mol. The molecule has 2 amide bonds. The van der Waals surface area contributed by atoms with E-state index in [4.69, 9.17) is 0 Å². The van der Waals surface area contributed by atoms with Crippen molar-refractivity contribution in [3.63, 3.8) is 0 Å². The van der Waals surface area contributed by atoms with Gasteiger partial charge in [0.1, 0.15) is 22.5 Å². The van der Waals surface area contributed by atoms with E-state index in [9.17, 15) is 22.6 Å². The fraction of sp³-hybridized carbons (Fsp3) is 0.0769. The maximum atomic E-state index is 12.1. The number of pyridine rings is 2. The van der Waals surface area contributed by atoms with Crippen LogP contribution in [0.25, 0.3) is 33.8 Å². The lowest BCUT2D eigenvalue weighted by molar-refractivity contribution is -0.633. The van der Waals surface area contributed by atoms with Crippen LogP contribution in [0.2, 0.25) is 0 Å². The van der Waals surface area contributed by atoms with Crippen molar-refractivity contribution in [1.29, 1.82) is 0 Å². The van der Waals surface area contributed by atoms with Crippen molar-refractivity contribution in [3.05, 3.63) is 151 Å². The van der Waals surface area contributed by atoms with Gasteiger partial charge in [-0.25, -0.2) is 37.2 Å². The molecule has 53 heavy (non-hydrogen) atoms. The molecule has 0 aliphatic heterocycles. The fourth-order valence-electron chi connectivity index (χ4n) is 5.52.